The Morgan fingerprint density at radius 2 is 1.55 bits per heavy atom. The van der Waals surface area contributed by atoms with Crippen molar-refractivity contribution >= 4 is 23.0 Å². The van der Waals surface area contributed by atoms with E-state index < -0.39 is 0 Å². The van der Waals surface area contributed by atoms with Crippen molar-refractivity contribution in [2.45, 2.75) is 20.5 Å². The lowest BCUT2D eigenvalue weighted by atomic mass is 10.0. The monoisotopic (exact) mass is 550 g/mol. The van der Waals surface area contributed by atoms with Crippen molar-refractivity contribution in [3.63, 3.8) is 0 Å². The van der Waals surface area contributed by atoms with E-state index >= 15 is 0 Å². The van der Waals surface area contributed by atoms with Gasteiger partial charge >= 0.3 is 0 Å². The fourth-order valence-corrected chi connectivity index (χ4v) is 5.09. The lowest BCUT2D eigenvalue weighted by molar-refractivity contribution is 0.0956. The number of amides is 1. The number of fused-ring (bicyclic) bond motifs is 1. The number of hydrogen-bond acceptors (Lipinski definition) is 4. The summed E-state index contributed by atoms with van der Waals surface area (Å²) in [5.41, 5.74) is 10.8. The molecule has 2 aromatic heterocycles. The van der Waals surface area contributed by atoms with Crippen LogP contribution in [0.1, 0.15) is 32.9 Å². The Morgan fingerprint density at radius 1 is 0.857 bits per heavy atom. The molecule has 206 valence electrons. The molecule has 4 aromatic carbocycles. The Bertz CT molecular complexity index is 1880. The molecule has 6 rings (SSSR count). The molecule has 0 saturated heterocycles. The fraction of sp³-hybridized carbons (Fsp3) is 0.0833. The standard InChI is InChI=1S/C36H30N4O2/c1-25-21-29(26(2)40(25)30-17-19-31(20-18-30)42-24-27-11-5-3-6-12-27)23-37-39-36(41)33-22-35(28-13-7-4-8-14-28)38-34-16-10-9-15-32(33)34/h3-23H,24H2,1-2H3,(H,39,41)/b37-23-. The number of nitrogens with zero attached hydrogens (tertiary/aromatic N) is 3. The summed E-state index contributed by atoms with van der Waals surface area (Å²) in [4.78, 5) is 18.1. The summed E-state index contributed by atoms with van der Waals surface area (Å²) in [6, 6.07) is 39.5. The van der Waals surface area contributed by atoms with Crippen molar-refractivity contribution in [2.24, 2.45) is 5.10 Å². The van der Waals surface area contributed by atoms with Gasteiger partial charge in [-0.2, -0.15) is 5.10 Å². The van der Waals surface area contributed by atoms with E-state index in [4.69, 9.17) is 9.72 Å². The molecule has 0 atom stereocenters. The molecule has 6 heteroatoms. The van der Waals surface area contributed by atoms with Gasteiger partial charge in [0, 0.05) is 33.6 Å². The highest BCUT2D eigenvalue weighted by Crippen LogP contribution is 2.25. The Balaban J connectivity index is 1.19. The van der Waals surface area contributed by atoms with Crippen molar-refractivity contribution in [1.29, 1.82) is 0 Å². The lowest BCUT2D eigenvalue weighted by Gasteiger charge is -2.11. The molecule has 0 aliphatic carbocycles. The first-order chi connectivity index (χ1) is 20.6. The third kappa shape index (κ3) is 5.69. The minimum Gasteiger partial charge on any atom is -0.489 e. The third-order valence-corrected chi connectivity index (χ3v) is 7.21. The second-order valence-electron chi connectivity index (χ2n) is 10.1. The highest BCUT2D eigenvalue weighted by Gasteiger charge is 2.14. The van der Waals surface area contributed by atoms with Gasteiger partial charge in [-0.15, -0.1) is 0 Å². The van der Waals surface area contributed by atoms with E-state index in [1.807, 2.05) is 122 Å². The molecule has 1 N–H and O–H groups in total. The van der Waals surface area contributed by atoms with Gasteiger partial charge in [-0.3, -0.25) is 4.79 Å². The van der Waals surface area contributed by atoms with Gasteiger partial charge in [0.05, 0.1) is 23.0 Å². The van der Waals surface area contributed by atoms with Crippen LogP contribution in [0, 0.1) is 13.8 Å². The molecule has 0 saturated carbocycles. The molecule has 42 heavy (non-hydrogen) atoms. The number of hydrogen-bond donors (Lipinski definition) is 1. The first-order valence-electron chi connectivity index (χ1n) is 13.8. The number of benzene rings is 4. The molecular weight excluding hydrogens is 520 g/mol. The van der Waals surface area contributed by atoms with E-state index in [1.54, 1.807) is 6.21 Å². The van der Waals surface area contributed by atoms with Crippen LogP contribution < -0.4 is 10.2 Å². The second kappa shape index (κ2) is 11.9. The van der Waals surface area contributed by atoms with Crippen molar-refractivity contribution < 1.29 is 9.53 Å². The zero-order chi connectivity index (χ0) is 28.9. The van der Waals surface area contributed by atoms with Gasteiger partial charge in [-0.25, -0.2) is 10.4 Å². The van der Waals surface area contributed by atoms with E-state index in [9.17, 15) is 4.79 Å². The van der Waals surface area contributed by atoms with E-state index in [0.29, 0.717) is 12.2 Å². The maximum atomic E-state index is 13.3. The number of rotatable bonds is 8. The second-order valence-corrected chi connectivity index (χ2v) is 10.1. The molecule has 1 amide bonds. The Morgan fingerprint density at radius 3 is 2.31 bits per heavy atom. The summed E-state index contributed by atoms with van der Waals surface area (Å²) in [6.45, 7) is 4.62. The van der Waals surface area contributed by atoms with Crippen LogP contribution in [0.5, 0.6) is 5.75 Å². The van der Waals surface area contributed by atoms with E-state index in [1.165, 1.54) is 0 Å². The van der Waals surface area contributed by atoms with Crippen molar-refractivity contribution in [3.8, 4) is 22.7 Å². The summed E-state index contributed by atoms with van der Waals surface area (Å²) >= 11 is 0. The predicted octanol–water partition coefficient (Wildman–Crippen LogP) is 7.65. The van der Waals surface area contributed by atoms with Gasteiger partial charge < -0.3 is 9.30 Å². The van der Waals surface area contributed by atoms with Crippen LogP contribution in [-0.4, -0.2) is 21.7 Å². The maximum Gasteiger partial charge on any atom is 0.272 e. The number of hydrazone groups is 1. The van der Waals surface area contributed by atoms with Gasteiger partial charge in [0.25, 0.3) is 5.91 Å². The topological polar surface area (TPSA) is 68.5 Å². The molecule has 0 fully saturated rings. The number of nitrogens with one attached hydrogen (secondary N) is 1. The average molecular weight is 551 g/mol. The molecule has 0 spiro atoms. The molecule has 0 radical (unpaired) electrons. The highest BCUT2D eigenvalue weighted by molar-refractivity contribution is 6.07. The summed E-state index contributed by atoms with van der Waals surface area (Å²) in [5, 5.41) is 5.10. The minimum absolute atomic E-state index is 0.290. The quantitative estimate of drug-likeness (QED) is 0.156. The summed E-state index contributed by atoms with van der Waals surface area (Å²) < 4.78 is 8.10. The number of aromatic nitrogens is 2. The predicted molar refractivity (Wildman–Crippen MR) is 168 cm³/mol. The van der Waals surface area contributed by atoms with E-state index in [2.05, 4.69) is 28.1 Å². The zero-order valence-electron chi connectivity index (χ0n) is 23.5. The molecule has 0 unspecified atom stereocenters. The van der Waals surface area contributed by atoms with Gasteiger partial charge in [-0.1, -0.05) is 78.9 Å². The summed E-state index contributed by atoms with van der Waals surface area (Å²) in [6.07, 6.45) is 1.69. The van der Waals surface area contributed by atoms with Crippen LogP contribution in [0.25, 0.3) is 27.8 Å². The number of aryl methyl sites for hydroxylation is 1. The molecule has 2 heterocycles. The van der Waals surface area contributed by atoms with E-state index in [0.717, 1.165) is 56.1 Å². The Hall–Kier alpha value is -5.49. The van der Waals surface area contributed by atoms with Crippen LogP contribution in [0.4, 0.5) is 0 Å². The normalized spacial score (nSPS) is 11.2. The highest BCUT2D eigenvalue weighted by atomic mass is 16.5. The Kier molecular flexibility index (Phi) is 7.60. The van der Waals surface area contributed by atoms with Crippen LogP contribution in [0.3, 0.4) is 0 Å². The summed E-state index contributed by atoms with van der Waals surface area (Å²) in [7, 11) is 0. The number of ether oxygens (including phenoxy) is 1. The molecule has 0 aliphatic heterocycles. The lowest BCUT2D eigenvalue weighted by Crippen LogP contribution is -2.18. The molecule has 0 aliphatic rings. The van der Waals surface area contributed by atoms with E-state index in [-0.39, 0.29) is 5.91 Å². The first-order valence-corrected chi connectivity index (χ1v) is 13.8. The van der Waals surface area contributed by atoms with Gasteiger partial charge in [0.1, 0.15) is 12.4 Å². The minimum atomic E-state index is -0.290. The SMILES string of the molecule is Cc1cc(/C=N\NC(=O)c2cc(-c3ccccc3)nc3ccccc23)c(C)n1-c1ccc(OCc2ccccc2)cc1. The fourth-order valence-electron chi connectivity index (χ4n) is 5.09. The third-order valence-electron chi connectivity index (χ3n) is 7.21. The van der Waals surface area contributed by atoms with Crippen molar-refractivity contribution in [1.82, 2.24) is 15.0 Å². The van der Waals surface area contributed by atoms with Gasteiger partial charge in [0.2, 0.25) is 0 Å². The largest absolute Gasteiger partial charge is 0.489 e. The number of para-hydroxylation sites is 1. The summed E-state index contributed by atoms with van der Waals surface area (Å²) in [5.74, 6) is 0.524. The first kappa shape index (κ1) is 26.7. The van der Waals surface area contributed by atoms with Crippen molar-refractivity contribution in [3.05, 3.63) is 149 Å². The molecule has 0 bridgehead atoms. The molecule has 6 nitrogen and oxygen atoms in total. The molecule has 6 aromatic rings. The van der Waals surface area contributed by atoms with Crippen LogP contribution in [0.15, 0.2) is 126 Å². The van der Waals surface area contributed by atoms with Crippen molar-refractivity contribution in [2.75, 3.05) is 0 Å². The number of carbonyl (C=O) groups excluding carboxylic acids is 1. The Labute approximate surface area is 244 Å². The maximum absolute atomic E-state index is 13.3. The van der Waals surface area contributed by atoms with Crippen LogP contribution in [0.2, 0.25) is 0 Å². The zero-order valence-corrected chi connectivity index (χ0v) is 23.5. The molecular formula is C36H30N4O2. The smallest absolute Gasteiger partial charge is 0.272 e. The van der Waals surface area contributed by atoms with Crippen LogP contribution >= 0.6 is 0 Å². The van der Waals surface area contributed by atoms with Crippen LogP contribution in [-0.2, 0) is 6.61 Å². The number of carbonyl (C=O) groups is 1. The van der Waals surface area contributed by atoms with Gasteiger partial charge in [-0.05, 0) is 61.9 Å². The van der Waals surface area contributed by atoms with Gasteiger partial charge in [0.15, 0.2) is 0 Å². The number of pyridine rings is 1. The average Bonchev–Trinajstić information content (AvgIpc) is 3.32.